The van der Waals surface area contributed by atoms with Gasteiger partial charge >= 0.3 is 0 Å². The summed E-state index contributed by atoms with van der Waals surface area (Å²) < 4.78 is 13.0. The van der Waals surface area contributed by atoms with E-state index < -0.39 is 0 Å². The fourth-order valence-corrected chi connectivity index (χ4v) is 3.35. The van der Waals surface area contributed by atoms with E-state index in [4.69, 9.17) is 0 Å². The standard InChI is InChI=1S/C17H24FN3O/c1-13-6-7-19-16(12-13)17(22)21-10-8-20(9-11-21)15-4-2-14(18)3-5-15/h2-5,13,16,19H,6-12H2,1H3. The lowest BCUT2D eigenvalue weighted by Crippen LogP contribution is -2.55. The molecule has 2 saturated heterocycles. The Morgan fingerprint density at radius 2 is 1.86 bits per heavy atom. The Hall–Kier alpha value is -1.62. The van der Waals surface area contributed by atoms with Crippen molar-refractivity contribution in [3.8, 4) is 0 Å². The van der Waals surface area contributed by atoms with Gasteiger partial charge in [-0.3, -0.25) is 4.79 Å². The van der Waals surface area contributed by atoms with Gasteiger partial charge in [-0.15, -0.1) is 0 Å². The number of hydrogen-bond donors (Lipinski definition) is 1. The fraction of sp³-hybridized carbons (Fsp3) is 0.588. The molecule has 0 aliphatic carbocycles. The van der Waals surface area contributed by atoms with Crippen LogP contribution in [0.4, 0.5) is 10.1 Å². The van der Waals surface area contributed by atoms with Gasteiger partial charge in [0.15, 0.2) is 0 Å². The maximum absolute atomic E-state index is 13.0. The van der Waals surface area contributed by atoms with Crippen molar-refractivity contribution in [1.82, 2.24) is 10.2 Å². The molecular formula is C17H24FN3O. The quantitative estimate of drug-likeness (QED) is 0.906. The Morgan fingerprint density at radius 3 is 2.50 bits per heavy atom. The molecule has 2 aliphatic rings. The lowest BCUT2D eigenvalue weighted by Gasteiger charge is -2.39. The number of carbonyl (C=O) groups excluding carboxylic acids is 1. The van der Waals surface area contributed by atoms with Gasteiger partial charge in [-0.05, 0) is 49.6 Å². The number of carbonyl (C=O) groups is 1. The molecule has 0 radical (unpaired) electrons. The van der Waals surface area contributed by atoms with Gasteiger partial charge in [0.25, 0.3) is 0 Å². The topological polar surface area (TPSA) is 35.6 Å². The van der Waals surface area contributed by atoms with Crippen LogP contribution in [0.5, 0.6) is 0 Å². The minimum Gasteiger partial charge on any atom is -0.368 e. The van der Waals surface area contributed by atoms with Gasteiger partial charge in [0.1, 0.15) is 5.82 Å². The highest BCUT2D eigenvalue weighted by Gasteiger charge is 2.30. The van der Waals surface area contributed by atoms with Gasteiger partial charge in [-0.1, -0.05) is 6.92 Å². The number of halogens is 1. The van der Waals surface area contributed by atoms with E-state index in [2.05, 4.69) is 17.1 Å². The van der Waals surface area contributed by atoms with Crippen LogP contribution in [0.2, 0.25) is 0 Å². The maximum atomic E-state index is 13.0. The van der Waals surface area contributed by atoms with Gasteiger partial charge in [0.05, 0.1) is 6.04 Å². The number of amides is 1. The zero-order valence-corrected chi connectivity index (χ0v) is 13.1. The molecule has 2 heterocycles. The van der Waals surface area contributed by atoms with Crippen LogP contribution in [0.3, 0.4) is 0 Å². The predicted octanol–water partition coefficient (Wildman–Crippen LogP) is 1.86. The lowest BCUT2D eigenvalue weighted by molar-refractivity contribution is -0.134. The molecule has 5 heteroatoms. The zero-order chi connectivity index (χ0) is 15.5. The first-order chi connectivity index (χ1) is 10.6. The van der Waals surface area contributed by atoms with E-state index in [1.807, 2.05) is 4.90 Å². The SMILES string of the molecule is CC1CCNC(C(=O)N2CCN(c3ccc(F)cc3)CC2)C1. The van der Waals surface area contributed by atoms with Gasteiger partial charge in [0, 0.05) is 31.9 Å². The van der Waals surface area contributed by atoms with Crippen molar-refractivity contribution >= 4 is 11.6 Å². The fourth-order valence-electron chi connectivity index (χ4n) is 3.35. The van der Waals surface area contributed by atoms with Crippen molar-refractivity contribution in [3.63, 3.8) is 0 Å². The van der Waals surface area contributed by atoms with E-state index in [9.17, 15) is 9.18 Å². The Kier molecular flexibility index (Phi) is 4.62. The number of benzene rings is 1. The molecule has 1 N–H and O–H groups in total. The van der Waals surface area contributed by atoms with Crippen molar-refractivity contribution in [2.45, 2.75) is 25.8 Å². The molecule has 22 heavy (non-hydrogen) atoms. The van der Waals surface area contributed by atoms with Crippen LogP contribution >= 0.6 is 0 Å². The van der Waals surface area contributed by atoms with E-state index in [-0.39, 0.29) is 17.8 Å². The minimum atomic E-state index is -0.213. The summed E-state index contributed by atoms with van der Waals surface area (Å²) in [5, 5.41) is 3.35. The largest absolute Gasteiger partial charge is 0.368 e. The molecule has 1 aromatic carbocycles. The molecule has 2 unspecified atom stereocenters. The van der Waals surface area contributed by atoms with Crippen LogP contribution in [0, 0.1) is 11.7 Å². The van der Waals surface area contributed by atoms with Crippen LogP contribution in [0.25, 0.3) is 0 Å². The number of piperazine rings is 1. The summed E-state index contributed by atoms with van der Waals surface area (Å²) in [5.74, 6) is 0.649. The number of hydrogen-bond acceptors (Lipinski definition) is 3. The summed E-state index contributed by atoms with van der Waals surface area (Å²) in [6, 6.07) is 6.57. The summed E-state index contributed by atoms with van der Waals surface area (Å²) in [4.78, 5) is 16.8. The number of rotatable bonds is 2. The molecule has 1 aromatic rings. The highest BCUT2D eigenvalue weighted by Crippen LogP contribution is 2.20. The van der Waals surface area contributed by atoms with Gasteiger partial charge in [-0.25, -0.2) is 4.39 Å². The van der Waals surface area contributed by atoms with E-state index in [1.54, 1.807) is 12.1 Å². The first-order valence-corrected chi connectivity index (χ1v) is 8.16. The van der Waals surface area contributed by atoms with E-state index in [0.29, 0.717) is 5.92 Å². The Labute approximate surface area is 131 Å². The molecule has 120 valence electrons. The predicted molar refractivity (Wildman–Crippen MR) is 85.4 cm³/mol. The summed E-state index contributed by atoms with van der Waals surface area (Å²) in [6.07, 6.45) is 2.10. The van der Waals surface area contributed by atoms with Crippen molar-refractivity contribution in [2.24, 2.45) is 5.92 Å². The van der Waals surface area contributed by atoms with E-state index >= 15 is 0 Å². The third-order valence-electron chi connectivity index (χ3n) is 4.75. The summed E-state index contributed by atoms with van der Waals surface area (Å²) in [6.45, 7) is 6.24. The second-order valence-electron chi connectivity index (χ2n) is 6.43. The van der Waals surface area contributed by atoms with E-state index in [0.717, 1.165) is 51.3 Å². The second kappa shape index (κ2) is 6.65. The average Bonchev–Trinajstić information content (AvgIpc) is 2.55. The highest BCUT2D eigenvalue weighted by atomic mass is 19.1. The van der Waals surface area contributed by atoms with Crippen molar-refractivity contribution in [1.29, 1.82) is 0 Å². The summed E-state index contributed by atoms with van der Waals surface area (Å²) in [7, 11) is 0. The molecule has 2 atom stereocenters. The van der Waals surface area contributed by atoms with Crippen LogP contribution < -0.4 is 10.2 Å². The van der Waals surface area contributed by atoms with Crippen LogP contribution in [-0.4, -0.2) is 49.6 Å². The Balaban J connectivity index is 1.55. The first kappa shape index (κ1) is 15.3. The molecule has 3 rings (SSSR count). The van der Waals surface area contributed by atoms with Crippen molar-refractivity contribution in [2.75, 3.05) is 37.6 Å². The number of anilines is 1. The van der Waals surface area contributed by atoms with Crippen LogP contribution in [-0.2, 0) is 4.79 Å². The molecule has 0 spiro atoms. The third kappa shape index (κ3) is 3.40. The normalized spacial score (nSPS) is 26.1. The number of nitrogens with zero attached hydrogens (tertiary/aromatic N) is 2. The first-order valence-electron chi connectivity index (χ1n) is 8.16. The average molecular weight is 305 g/mol. The zero-order valence-electron chi connectivity index (χ0n) is 13.1. The molecule has 0 saturated carbocycles. The molecule has 1 amide bonds. The summed E-state index contributed by atoms with van der Waals surface area (Å²) >= 11 is 0. The molecule has 2 fully saturated rings. The molecule has 4 nitrogen and oxygen atoms in total. The number of piperidine rings is 1. The number of nitrogens with one attached hydrogen (secondary N) is 1. The Morgan fingerprint density at radius 1 is 1.18 bits per heavy atom. The molecular weight excluding hydrogens is 281 g/mol. The lowest BCUT2D eigenvalue weighted by atomic mass is 9.93. The van der Waals surface area contributed by atoms with Gasteiger partial charge < -0.3 is 15.1 Å². The Bertz CT molecular complexity index is 511. The van der Waals surface area contributed by atoms with E-state index in [1.165, 1.54) is 12.1 Å². The minimum absolute atomic E-state index is 0.0129. The van der Waals surface area contributed by atoms with Crippen LogP contribution in [0.1, 0.15) is 19.8 Å². The molecule has 0 aromatic heterocycles. The van der Waals surface area contributed by atoms with Crippen LogP contribution in [0.15, 0.2) is 24.3 Å². The third-order valence-corrected chi connectivity index (χ3v) is 4.75. The van der Waals surface area contributed by atoms with Gasteiger partial charge in [0.2, 0.25) is 5.91 Å². The monoisotopic (exact) mass is 305 g/mol. The van der Waals surface area contributed by atoms with Crippen molar-refractivity contribution < 1.29 is 9.18 Å². The molecule has 0 bridgehead atoms. The highest BCUT2D eigenvalue weighted by molar-refractivity contribution is 5.82. The second-order valence-corrected chi connectivity index (χ2v) is 6.43. The van der Waals surface area contributed by atoms with Crippen molar-refractivity contribution in [3.05, 3.63) is 30.1 Å². The smallest absolute Gasteiger partial charge is 0.239 e. The summed E-state index contributed by atoms with van der Waals surface area (Å²) in [5.41, 5.74) is 1.03. The molecule has 2 aliphatic heterocycles. The maximum Gasteiger partial charge on any atom is 0.239 e. The van der Waals surface area contributed by atoms with Gasteiger partial charge in [-0.2, -0.15) is 0 Å².